The van der Waals surface area contributed by atoms with Crippen LogP contribution in [-0.4, -0.2) is 29.9 Å². The molecule has 2 aromatic carbocycles. The van der Waals surface area contributed by atoms with Gasteiger partial charge in [-0.15, -0.1) is 0 Å². The highest BCUT2D eigenvalue weighted by atomic mass is 35.5. The van der Waals surface area contributed by atoms with E-state index < -0.39 is 6.04 Å². The minimum absolute atomic E-state index is 0.0722. The highest BCUT2D eigenvalue weighted by Crippen LogP contribution is 2.15. The average molecular weight is 389 g/mol. The summed E-state index contributed by atoms with van der Waals surface area (Å²) in [6.45, 7) is 4.29. The van der Waals surface area contributed by atoms with Gasteiger partial charge in [-0.25, -0.2) is 0 Å². The van der Waals surface area contributed by atoms with Crippen LogP contribution in [0.3, 0.4) is 0 Å². The first kappa shape index (κ1) is 20.8. The number of carbonyl (C=O) groups excluding carboxylic acids is 2. The molecule has 0 radical (unpaired) electrons. The molecule has 0 aromatic heterocycles. The van der Waals surface area contributed by atoms with Crippen molar-refractivity contribution in [1.82, 2.24) is 10.2 Å². The van der Waals surface area contributed by atoms with E-state index in [0.29, 0.717) is 24.5 Å². The number of halogens is 1. The molecule has 0 fully saturated rings. The SMILES string of the molecule is CCC(=O)N(Cc1ccc(Cl)cc1)[C@H](C)C(=O)NCc1ccc(OC)cc1. The fraction of sp³-hybridized carbons (Fsp3) is 0.333. The second-order valence-corrected chi connectivity index (χ2v) is 6.68. The van der Waals surface area contributed by atoms with Gasteiger partial charge in [0.15, 0.2) is 0 Å². The van der Waals surface area contributed by atoms with Crippen LogP contribution in [0.4, 0.5) is 0 Å². The number of ether oxygens (including phenoxy) is 1. The Morgan fingerprint density at radius 3 is 2.22 bits per heavy atom. The average Bonchev–Trinajstić information content (AvgIpc) is 2.70. The predicted molar refractivity (Wildman–Crippen MR) is 107 cm³/mol. The number of benzene rings is 2. The first-order valence-corrected chi connectivity index (χ1v) is 9.27. The molecule has 6 heteroatoms. The fourth-order valence-corrected chi connectivity index (χ4v) is 2.78. The summed E-state index contributed by atoms with van der Waals surface area (Å²) in [4.78, 5) is 26.6. The molecule has 27 heavy (non-hydrogen) atoms. The van der Waals surface area contributed by atoms with Crippen molar-refractivity contribution in [2.24, 2.45) is 0 Å². The third-order valence-electron chi connectivity index (χ3n) is 4.36. The van der Waals surface area contributed by atoms with Crippen LogP contribution in [-0.2, 0) is 22.7 Å². The van der Waals surface area contributed by atoms with E-state index in [4.69, 9.17) is 16.3 Å². The molecule has 0 heterocycles. The third-order valence-corrected chi connectivity index (χ3v) is 4.61. The first-order chi connectivity index (χ1) is 12.9. The van der Waals surface area contributed by atoms with Crippen LogP contribution < -0.4 is 10.1 Å². The second kappa shape index (κ2) is 9.97. The molecule has 0 bridgehead atoms. The van der Waals surface area contributed by atoms with Gasteiger partial charge in [-0.1, -0.05) is 42.8 Å². The van der Waals surface area contributed by atoms with Crippen molar-refractivity contribution in [3.05, 3.63) is 64.7 Å². The number of methoxy groups -OCH3 is 1. The number of nitrogens with one attached hydrogen (secondary N) is 1. The molecule has 0 aliphatic carbocycles. The molecule has 0 saturated heterocycles. The Labute approximate surface area is 165 Å². The van der Waals surface area contributed by atoms with Crippen molar-refractivity contribution >= 4 is 23.4 Å². The molecular weight excluding hydrogens is 364 g/mol. The van der Waals surface area contributed by atoms with Crippen molar-refractivity contribution < 1.29 is 14.3 Å². The lowest BCUT2D eigenvalue weighted by molar-refractivity contribution is -0.140. The molecule has 2 amide bonds. The Hall–Kier alpha value is -2.53. The zero-order valence-corrected chi connectivity index (χ0v) is 16.6. The molecule has 5 nitrogen and oxygen atoms in total. The quantitative estimate of drug-likeness (QED) is 0.748. The molecule has 0 unspecified atom stereocenters. The molecular formula is C21H25ClN2O3. The minimum atomic E-state index is -0.577. The van der Waals surface area contributed by atoms with Crippen molar-refractivity contribution in [2.45, 2.75) is 39.4 Å². The zero-order chi connectivity index (χ0) is 19.8. The predicted octanol–water partition coefficient (Wildman–Crippen LogP) is 3.79. The van der Waals surface area contributed by atoms with Crippen molar-refractivity contribution in [3.63, 3.8) is 0 Å². The Balaban J connectivity index is 2.01. The Kier molecular flexibility index (Phi) is 7.67. The lowest BCUT2D eigenvalue weighted by Crippen LogP contribution is -2.47. The number of amides is 2. The first-order valence-electron chi connectivity index (χ1n) is 8.89. The van der Waals surface area contributed by atoms with Crippen LogP contribution >= 0.6 is 11.6 Å². The normalized spacial score (nSPS) is 11.6. The maximum atomic E-state index is 12.6. The Morgan fingerprint density at radius 1 is 1.07 bits per heavy atom. The zero-order valence-electron chi connectivity index (χ0n) is 15.9. The van der Waals surface area contributed by atoms with Gasteiger partial charge in [-0.3, -0.25) is 9.59 Å². The van der Waals surface area contributed by atoms with Gasteiger partial charge in [0.05, 0.1) is 7.11 Å². The van der Waals surface area contributed by atoms with Crippen LogP contribution in [0.5, 0.6) is 5.75 Å². The van der Waals surface area contributed by atoms with Gasteiger partial charge in [0.25, 0.3) is 0 Å². The number of nitrogens with zero attached hydrogens (tertiary/aromatic N) is 1. The fourth-order valence-electron chi connectivity index (χ4n) is 2.65. The van der Waals surface area contributed by atoms with E-state index in [0.717, 1.165) is 16.9 Å². The third kappa shape index (κ3) is 6.00. The van der Waals surface area contributed by atoms with Crippen LogP contribution in [0.2, 0.25) is 5.02 Å². The summed E-state index contributed by atoms with van der Waals surface area (Å²) in [7, 11) is 1.61. The van der Waals surface area contributed by atoms with Crippen LogP contribution in [0.25, 0.3) is 0 Å². The van der Waals surface area contributed by atoms with Gasteiger partial charge in [-0.2, -0.15) is 0 Å². The van der Waals surface area contributed by atoms with E-state index >= 15 is 0 Å². The standard InChI is InChI=1S/C21H25ClN2O3/c1-4-20(25)24(14-17-5-9-18(22)10-6-17)15(2)21(26)23-13-16-7-11-19(27-3)12-8-16/h5-12,15H,4,13-14H2,1-3H3,(H,23,26)/t15-/m1/s1. The van der Waals surface area contributed by atoms with E-state index in [1.54, 1.807) is 38.0 Å². The summed E-state index contributed by atoms with van der Waals surface area (Å²) in [5.74, 6) is 0.500. The highest BCUT2D eigenvalue weighted by Gasteiger charge is 2.24. The second-order valence-electron chi connectivity index (χ2n) is 6.24. The molecule has 144 valence electrons. The van der Waals surface area contributed by atoms with Crippen LogP contribution in [0, 0.1) is 0 Å². The van der Waals surface area contributed by atoms with Crippen LogP contribution in [0.1, 0.15) is 31.4 Å². The minimum Gasteiger partial charge on any atom is -0.497 e. The van der Waals surface area contributed by atoms with Gasteiger partial charge in [0.2, 0.25) is 11.8 Å². The van der Waals surface area contributed by atoms with Crippen LogP contribution in [0.15, 0.2) is 48.5 Å². The lowest BCUT2D eigenvalue weighted by atomic mass is 10.1. The van der Waals surface area contributed by atoms with E-state index in [1.165, 1.54) is 0 Å². The summed E-state index contributed by atoms with van der Waals surface area (Å²) >= 11 is 5.92. The molecule has 0 aliphatic rings. The lowest BCUT2D eigenvalue weighted by Gasteiger charge is -2.28. The van der Waals surface area contributed by atoms with Gasteiger partial charge in [0.1, 0.15) is 11.8 Å². The molecule has 1 N–H and O–H groups in total. The Morgan fingerprint density at radius 2 is 1.67 bits per heavy atom. The highest BCUT2D eigenvalue weighted by molar-refractivity contribution is 6.30. The maximum Gasteiger partial charge on any atom is 0.242 e. The molecule has 0 aliphatic heterocycles. The van der Waals surface area contributed by atoms with Gasteiger partial charge >= 0.3 is 0 Å². The summed E-state index contributed by atoms with van der Waals surface area (Å²) in [5, 5.41) is 3.53. The van der Waals surface area contributed by atoms with Crippen molar-refractivity contribution in [1.29, 1.82) is 0 Å². The monoisotopic (exact) mass is 388 g/mol. The molecule has 0 saturated carbocycles. The summed E-state index contributed by atoms with van der Waals surface area (Å²) < 4.78 is 5.13. The van der Waals surface area contributed by atoms with Gasteiger partial charge in [0, 0.05) is 24.5 Å². The summed E-state index contributed by atoms with van der Waals surface area (Å²) in [5.41, 5.74) is 1.89. The van der Waals surface area contributed by atoms with Gasteiger partial charge in [-0.05, 0) is 42.3 Å². The number of hydrogen-bond acceptors (Lipinski definition) is 3. The number of rotatable bonds is 8. The smallest absolute Gasteiger partial charge is 0.242 e. The van der Waals surface area contributed by atoms with E-state index in [1.807, 2.05) is 36.4 Å². The van der Waals surface area contributed by atoms with E-state index in [-0.39, 0.29) is 11.8 Å². The van der Waals surface area contributed by atoms with Gasteiger partial charge < -0.3 is 15.0 Å². The topological polar surface area (TPSA) is 58.6 Å². The molecule has 2 aromatic rings. The van der Waals surface area contributed by atoms with Crippen molar-refractivity contribution in [2.75, 3.05) is 7.11 Å². The Bertz CT molecular complexity index is 760. The largest absolute Gasteiger partial charge is 0.497 e. The van der Waals surface area contributed by atoms with Crippen molar-refractivity contribution in [3.8, 4) is 5.75 Å². The molecule has 0 spiro atoms. The number of hydrogen-bond donors (Lipinski definition) is 1. The molecule has 2 rings (SSSR count). The van der Waals surface area contributed by atoms with E-state index in [9.17, 15) is 9.59 Å². The summed E-state index contributed by atoms with van der Waals surface area (Å²) in [6, 6.07) is 14.2. The van der Waals surface area contributed by atoms with E-state index in [2.05, 4.69) is 5.32 Å². The maximum absolute atomic E-state index is 12.6. The molecule has 1 atom stereocenters. The summed E-state index contributed by atoms with van der Waals surface area (Å²) in [6.07, 6.45) is 0.337. The number of carbonyl (C=O) groups is 2.